The molecule has 0 atom stereocenters. The Balaban J connectivity index is 1.74. The summed E-state index contributed by atoms with van der Waals surface area (Å²) in [5, 5.41) is 8.90. The van der Waals surface area contributed by atoms with Crippen molar-refractivity contribution in [2.24, 2.45) is 0 Å². The van der Waals surface area contributed by atoms with Gasteiger partial charge in [0.05, 0.1) is 29.1 Å². The molecule has 4 rings (SSSR count). The minimum absolute atomic E-state index is 0.0192. The van der Waals surface area contributed by atoms with Crippen LogP contribution in [0.4, 0.5) is 10.1 Å². The predicted octanol–water partition coefficient (Wildman–Crippen LogP) is 3.42. The van der Waals surface area contributed by atoms with Crippen LogP contribution in [0.2, 0.25) is 0 Å². The largest absolute Gasteiger partial charge is 0.481 e. The average Bonchev–Trinajstić information content (AvgIpc) is 3.15. The molecule has 152 valence electrons. The van der Waals surface area contributed by atoms with Crippen molar-refractivity contribution in [1.29, 1.82) is 0 Å². The number of benzene rings is 2. The van der Waals surface area contributed by atoms with E-state index in [0.29, 0.717) is 16.8 Å². The van der Waals surface area contributed by atoms with Gasteiger partial charge in [0, 0.05) is 17.7 Å². The Morgan fingerprint density at radius 2 is 1.73 bits per heavy atom. The Bertz CT molecular complexity index is 1130. The van der Waals surface area contributed by atoms with Gasteiger partial charge in [-0.2, -0.15) is 0 Å². The van der Waals surface area contributed by atoms with E-state index in [9.17, 15) is 18.8 Å². The molecule has 6 nitrogen and oxygen atoms in total. The van der Waals surface area contributed by atoms with Crippen LogP contribution in [-0.2, 0) is 20.9 Å². The summed E-state index contributed by atoms with van der Waals surface area (Å²) in [6.45, 7) is -0.0448. The van der Waals surface area contributed by atoms with Crippen LogP contribution in [0.1, 0.15) is 17.5 Å². The van der Waals surface area contributed by atoms with Gasteiger partial charge in [-0.05, 0) is 12.1 Å². The molecule has 1 fully saturated rings. The van der Waals surface area contributed by atoms with Gasteiger partial charge in [-0.25, -0.2) is 4.39 Å². The van der Waals surface area contributed by atoms with E-state index in [2.05, 4.69) is 0 Å². The van der Waals surface area contributed by atoms with Gasteiger partial charge in [0.1, 0.15) is 10.1 Å². The fourth-order valence-corrected chi connectivity index (χ4v) is 4.78. The van der Waals surface area contributed by atoms with Crippen molar-refractivity contribution >= 4 is 57.3 Å². The smallest absolute Gasteiger partial charge is 0.305 e. The fourth-order valence-electron chi connectivity index (χ4n) is 3.40. The minimum atomic E-state index is -1.05. The van der Waals surface area contributed by atoms with E-state index in [1.165, 1.54) is 15.9 Å². The third-order valence-corrected chi connectivity index (χ3v) is 6.28. The first-order valence-corrected chi connectivity index (χ1v) is 10.3. The normalized spacial score (nSPS) is 18.4. The fraction of sp³-hybridized carbons (Fsp3) is 0.143. The molecule has 1 N–H and O–H groups in total. The first kappa shape index (κ1) is 20.2. The summed E-state index contributed by atoms with van der Waals surface area (Å²) in [5.74, 6) is -2.37. The second kappa shape index (κ2) is 8.00. The first-order valence-electron chi connectivity index (χ1n) is 9.03. The van der Waals surface area contributed by atoms with Crippen LogP contribution in [0.15, 0.2) is 53.4 Å². The quantitative estimate of drug-likeness (QED) is 0.565. The zero-order valence-electron chi connectivity index (χ0n) is 15.5. The van der Waals surface area contributed by atoms with Crippen LogP contribution < -0.4 is 4.90 Å². The predicted molar refractivity (Wildman–Crippen MR) is 115 cm³/mol. The number of anilines is 1. The Kier molecular flexibility index (Phi) is 5.40. The van der Waals surface area contributed by atoms with Crippen molar-refractivity contribution in [3.05, 3.63) is 70.4 Å². The van der Waals surface area contributed by atoms with E-state index in [-0.39, 0.29) is 34.3 Å². The van der Waals surface area contributed by atoms with Crippen molar-refractivity contribution in [1.82, 2.24) is 4.90 Å². The topological polar surface area (TPSA) is 77.9 Å². The number of thioether (sulfide) groups is 1. The molecule has 2 aliphatic rings. The van der Waals surface area contributed by atoms with Gasteiger partial charge >= 0.3 is 5.97 Å². The number of rotatable bonds is 5. The maximum Gasteiger partial charge on any atom is 0.305 e. The van der Waals surface area contributed by atoms with E-state index in [1.54, 1.807) is 42.5 Å². The molecular weight excluding hydrogens is 427 g/mol. The summed E-state index contributed by atoms with van der Waals surface area (Å²) in [6.07, 6.45) is -0.251. The number of thiocarbonyl (C=S) groups is 1. The van der Waals surface area contributed by atoms with Crippen molar-refractivity contribution in [2.75, 3.05) is 11.4 Å². The summed E-state index contributed by atoms with van der Waals surface area (Å²) < 4.78 is 14.4. The lowest BCUT2D eigenvalue weighted by molar-refractivity contribution is -0.137. The second-order valence-electron chi connectivity index (χ2n) is 6.67. The van der Waals surface area contributed by atoms with Crippen LogP contribution in [-0.4, -0.2) is 38.7 Å². The number of halogens is 1. The number of carbonyl (C=O) groups excluding carboxylic acids is 2. The number of fused-ring (bicyclic) bond motifs is 1. The lowest BCUT2D eigenvalue weighted by Crippen LogP contribution is -2.31. The number of hydrogen-bond donors (Lipinski definition) is 1. The molecular formula is C21H15FN2O4S2. The molecule has 2 aliphatic heterocycles. The summed E-state index contributed by atoms with van der Waals surface area (Å²) >= 11 is 6.22. The van der Waals surface area contributed by atoms with Gasteiger partial charge < -0.3 is 10.0 Å². The molecule has 2 heterocycles. The number of carboxylic acid groups (broad SMARTS) is 1. The number of nitrogens with zero attached hydrogens (tertiary/aromatic N) is 2. The van der Waals surface area contributed by atoms with Gasteiger partial charge in [-0.1, -0.05) is 60.4 Å². The summed E-state index contributed by atoms with van der Waals surface area (Å²) in [5.41, 5.74) is 1.71. The molecule has 0 bridgehead atoms. The molecule has 30 heavy (non-hydrogen) atoms. The highest BCUT2D eigenvalue weighted by Crippen LogP contribution is 2.45. The Hall–Kier alpha value is -3.04. The minimum Gasteiger partial charge on any atom is -0.481 e. The van der Waals surface area contributed by atoms with Crippen LogP contribution >= 0.6 is 24.0 Å². The van der Waals surface area contributed by atoms with Gasteiger partial charge in [-0.3, -0.25) is 19.3 Å². The zero-order chi connectivity index (χ0) is 21.4. The molecule has 2 aromatic carbocycles. The van der Waals surface area contributed by atoms with Gasteiger partial charge in [0.15, 0.2) is 0 Å². The molecule has 0 aromatic heterocycles. The molecule has 2 amide bonds. The molecule has 2 aromatic rings. The Labute approximate surface area is 181 Å². The van der Waals surface area contributed by atoms with Crippen LogP contribution in [0.5, 0.6) is 0 Å². The molecule has 9 heteroatoms. The highest BCUT2D eigenvalue weighted by Gasteiger charge is 2.42. The van der Waals surface area contributed by atoms with Crippen LogP contribution in [0.3, 0.4) is 0 Å². The van der Waals surface area contributed by atoms with E-state index < -0.39 is 23.6 Å². The number of amides is 2. The third kappa shape index (κ3) is 3.50. The lowest BCUT2D eigenvalue weighted by atomic mass is 10.1. The summed E-state index contributed by atoms with van der Waals surface area (Å²) in [6, 6.07) is 13.2. The number of aliphatic carboxylic acids is 1. The van der Waals surface area contributed by atoms with Crippen LogP contribution in [0, 0.1) is 5.82 Å². The monoisotopic (exact) mass is 442 g/mol. The molecule has 1 saturated heterocycles. The van der Waals surface area contributed by atoms with Crippen molar-refractivity contribution in [3.63, 3.8) is 0 Å². The Morgan fingerprint density at radius 1 is 1.03 bits per heavy atom. The number of carbonyl (C=O) groups is 3. The van der Waals surface area contributed by atoms with Gasteiger partial charge in [0.25, 0.3) is 11.8 Å². The first-order chi connectivity index (χ1) is 14.4. The molecule has 0 aliphatic carbocycles. The number of carboxylic acids is 1. The molecule has 0 spiro atoms. The highest BCUT2D eigenvalue weighted by molar-refractivity contribution is 8.26. The molecule has 0 saturated carbocycles. The second-order valence-corrected chi connectivity index (χ2v) is 8.32. The van der Waals surface area contributed by atoms with Crippen molar-refractivity contribution < 1.29 is 23.9 Å². The van der Waals surface area contributed by atoms with E-state index in [1.807, 2.05) is 0 Å². The summed E-state index contributed by atoms with van der Waals surface area (Å²) in [4.78, 5) is 39.9. The number of para-hydroxylation sites is 1. The molecule has 0 radical (unpaired) electrons. The van der Waals surface area contributed by atoms with Crippen LogP contribution in [0.25, 0.3) is 5.57 Å². The summed E-state index contributed by atoms with van der Waals surface area (Å²) in [7, 11) is 0. The number of hydrogen-bond acceptors (Lipinski definition) is 5. The van der Waals surface area contributed by atoms with Crippen molar-refractivity contribution in [3.8, 4) is 0 Å². The third-order valence-electron chi connectivity index (χ3n) is 4.83. The van der Waals surface area contributed by atoms with E-state index in [4.69, 9.17) is 17.3 Å². The maximum atomic E-state index is 14.2. The average molecular weight is 442 g/mol. The standard InChI is InChI=1S/C21H15FN2O4S2/c22-14-7-3-1-5-12(14)11-24-15-8-4-2-6-13(15)17(19(24)27)18-20(28)23(21(29)30-18)10-9-16(25)26/h1-8H,9-11H2,(H,25,26). The van der Waals surface area contributed by atoms with E-state index in [0.717, 1.165) is 11.8 Å². The lowest BCUT2D eigenvalue weighted by Gasteiger charge is -2.17. The Morgan fingerprint density at radius 3 is 2.47 bits per heavy atom. The zero-order valence-corrected chi connectivity index (χ0v) is 17.1. The van der Waals surface area contributed by atoms with E-state index >= 15 is 0 Å². The van der Waals surface area contributed by atoms with Gasteiger partial charge in [0.2, 0.25) is 0 Å². The highest BCUT2D eigenvalue weighted by atomic mass is 32.2. The van der Waals surface area contributed by atoms with Crippen molar-refractivity contribution in [2.45, 2.75) is 13.0 Å². The molecule has 0 unspecified atom stereocenters. The van der Waals surface area contributed by atoms with Gasteiger partial charge in [-0.15, -0.1) is 0 Å². The SMILES string of the molecule is O=C(O)CCN1C(=O)C(=C2C(=O)N(Cc3ccccc3F)c3ccccc32)SC1=S. The maximum absolute atomic E-state index is 14.2.